The molecule has 0 unspecified atom stereocenters. The molecule has 4 aromatic heterocycles. The minimum absolute atomic E-state index is 0.264. The molecule has 39 heavy (non-hydrogen) atoms. The first-order valence-electron chi connectivity index (χ1n) is 13.3. The number of hydrogen-bond acceptors (Lipinski definition) is 4. The first-order chi connectivity index (χ1) is 19.1. The Bertz CT molecular complexity index is 1840. The fourth-order valence-corrected chi connectivity index (χ4v) is 5.70. The Labute approximate surface area is 225 Å². The molecule has 3 N–H and O–H groups in total. The molecule has 1 fully saturated rings. The third kappa shape index (κ3) is 4.26. The van der Waals surface area contributed by atoms with Crippen LogP contribution in [0.4, 0.5) is 10.1 Å². The summed E-state index contributed by atoms with van der Waals surface area (Å²) in [7, 11) is 0. The molecule has 0 saturated heterocycles. The van der Waals surface area contributed by atoms with Crippen molar-refractivity contribution in [1.82, 2.24) is 25.1 Å². The van der Waals surface area contributed by atoms with Crippen molar-refractivity contribution in [3.05, 3.63) is 97.3 Å². The molecule has 0 radical (unpaired) electrons. The van der Waals surface area contributed by atoms with E-state index in [0.717, 1.165) is 55.8 Å². The van der Waals surface area contributed by atoms with Crippen molar-refractivity contribution in [3.63, 3.8) is 0 Å². The lowest BCUT2D eigenvalue weighted by molar-refractivity contribution is 0.631. The van der Waals surface area contributed by atoms with Gasteiger partial charge in [0.2, 0.25) is 0 Å². The molecular weight excluding hydrogens is 487 g/mol. The fourth-order valence-electron chi connectivity index (χ4n) is 5.70. The third-order valence-electron chi connectivity index (χ3n) is 7.74. The van der Waals surface area contributed by atoms with E-state index >= 15 is 0 Å². The number of rotatable bonds is 6. The number of fused-ring (bicyclic) bond motifs is 2. The second-order valence-electron chi connectivity index (χ2n) is 10.2. The molecule has 1 aliphatic rings. The molecule has 0 amide bonds. The van der Waals surface area contributed by atoms with E-state index in [1.54, 1.807) is 18.3 Å². The van der Waals surface area contributed by atoms with E-state index in [-0.39, 0.29) is 5.82 Å². The van der Waals surface area contributed by atoms with E-state index in [1.807, 2.05) is 36.7 Å². The average molecular weight is 515 g/mol. The van der Waals surface area contributed by atoms with Gasteiger partial charge in [-0.2, -0.15) is 5.10 Å². The summed E-state index contributed by atoms with van der Waals surface area (Å²) in [6, 6.07) is 19.0. The molecular formula is C32H27FN6. The minimum atomic E-state index is -0.264. The molecule has 0 aliphatic heterocycles. The van der Waals surface area contributed by atoms with Crippen LogP contribution >= 0.6 is 0 Å². The molecule has 1 aliphatic carbocycles. The molecule has 0 atom stereocenters. The minimum Gasteiger partial charge on any atom is -0.358 e. The second kappa shape index (κ2) is 9.51. The SMILES string of the molecule is C=C(Nc1cncc(-c2ccc3[nH]nc(-c4cc5c(-c6ccccc6F)ccnc5[nH]4)c3c2)c1)C1CCCC1. The van der Waals surface area contributed by atoms with Crippen LogP contribution in [0.5, 0.6) is 0 Å². The summed E-state index contributed by atoms with van der Waals surface area (Å²) in [6.07, 6.45) is 10.4. The van der Waals surface area contributed by atoms with Crippen molar-refractivity contribution in [3.8, 4) is 33.6 Å². The standard InChI is InChI=1S/C32H27FN6/c1-19(20-6-2-3-7-20)36-23-14-22(17-34-18-23)21-10-11-29-27(15-21)31(39-38-29)30-16-26-24(12-13-35-32(26)37-30)25-8-4-5-9-28(25)33/h4-5,8-18,20,36H,1-3,6-7H2,(H,35,37)(H,38,39). The number of aromatic amines is 2. The summed E-state index contributed by atoms with van der Waals surface area (Å²) in [6.45, 7) is 4.28. The van der Waals surface area contributed by atoms with E-state index < -0.39 is 0 Å². The highest BCUT2D eigenvalue weighted by Crippen LogP contribution is 2.36. The number of anilines is 1. The van der Waals surface area contributed by atoms with Crippen LogP contribution in [0.3, 0.4) is 0 Å². The highest BCUT2D eigenvalue weighted by molar-refractivity contribution is 6.00. The quantitative estimate of drug-likeness (QED) is 0.210. The van der Waals surface area contributed by atoms with Crippen molar-refractivity contribution < 1.29 is 4.39 Å². The van der Waals surface area contributed by atoms with Crippen LogP contribution in [0.2, 0.25) is 0 Å². The predicted molar refractivity (Wildman–Crippen MR) is 155 cm³/mol. The molecule has 192 valence electrons. The van der Waals surface area contributed by atoms with Crippen molar-refractivity contribution in [2.24, 2.45) is 5.92 Å². The van der Waals surface area contributed by atoms with E-state index in [1.165, 1.54) is 31.7 Å². The number of allylic oxidation sites excluding steroid dienone is 1. The highest BCUT2D eigenvalue weighted by Gasteiger charge is 2.19. The molecule has 4 heterocycles. The molecule has 1 saturated carbocycles. The van der Waals surface area contributed by atoms with E-state index in [9.17, 15) is 4.39 Å². The highest BCUT2D eigenvalue weighted by atomic mass is 19.1. The predicted octanol–water partition coefficient (Wildman–Crippen LogP) is 8.09. The van der Waals surface area contributed by atoms with Crippen LogP contribution in [-0.4, -0.2) is 25.1 Å². The number of H-pyrrole nitrogens is 2. The molecule has 0 bridgehead atoms. The number of aromatic nitrogens is 5. The van der Waals surface area contributed by atoms with Gasteiger partial charge in [0.15, 0.2) is 0 Å². The molecule has 0 spiro atoms. The maximum absolute atomic E-state index is 14.6. The van der Waals surface area contributed by atoms with Gasteiger partial charge >= 0.3 is 0 Å². The van der Waals surface area contributed by atoms with Gasteiger partial charge in [-0.25, -0.2) is 9.37 Å². The second-order valence-corrected chi connectivity index (χ2v) is 10.2. The van der Waals surface area contributed by atoms with Gasteiger partial charge in [-0.05, 0) is 66.3 Å². The van der Waals surface area contributed by atoms with E-state index in [0.29, 0.717) is 17.1 Å². The van der Waals surface area contributed by atoms with Gasteiger partial charge in [-0.15, -0.1) is 0 Å². The summed E-state index contributed by atoms with van der Waals surface area (Å²) in [4.78, 5) is 12.4. The first kappa shape index (κ1) is 23.3. The van der Waals surface area contributed by atoms with Gasteiger partial charge in [0.25, 0.3) is 0 Å². The summed E-state index contributed by atoms with van der Waals surface area (Å²) in [5, 5.41) is 13.1. The zero-order valence-electron chi connectivity index (χ0n) is 21.3. The van der Waals surface area contributed by atoms with Crippen LogP contribution in [-0.2, 0) is 0 Å². The Hall–Kier alpha value is -4.78. The first-order valence-corrected chi connectivity index (χ1v) is 13.3. The van der Waals surface area contributed by atoms with E-state index in [4.69, 9.17) is 0 Å². The fraction of sp³-hybridized carbons (Fsp3) is 0.156. The molecule has 7 rings (SSSR count). The van der Waals surface area contributed by atoms with Crippen molar-refractivity contribution in [1.29, 1.82) is 0 Å². The molecule has 7 heteroatoms. The Balaban J connectivity index is 1.25. The van der Waals surface area contributed by atoms with Gasteiger partial charge in [-0.3, -0.25) is 10.1 Å². The van der Waals surface area contributed by atoms with Gasteiger partial charge in [0, 0.05) is 40.0 Å². The molecule has 2 aromatic carbocycles. The van der Waals surface area contributed by atoms with Gasteiger partial charge < -0.3 is 10.3 Å². The normalized spacial score (nSPS) is 13.9. The number of nitrogens with zero attached hydrogens (tertiary/aromatic N) is 3. The number of halogens is 1. The van der Waals surface area contributed by atoms with Crippen molar-refractivity contribution >= 4 is 27.6 Å². The average Bonchev–Trinajstić information content (AvgIpc) is 3.73. The van der Waals surface area contributed by atoms with Crippen LogP contribution in [0, 0.1) is 11.7 Å². The van der Waals surface area contributed by atoms with Crippen LogP contribution in [0.1, 0.15) is 25.7 Å². The van der Waals surface area contributed by atoms with Crippen molar-refractivity contribution in [2.45, 2.75) is 25.7 Å². The maximum atomic E-state index is 14.6. The lowest BCUT2D eigenvalue weighted by atomic mass is 10.0. The van der Waals surface area contributed by atoms with Gasteiger partial charge in [0.05, 0.1) is 23.1 Å². The molecule has 6 aromatic rings. The van der Waals surface area contributed by atoms with Crippen molar-refractivity contribution in [2.75, 3.05) is 5.32 Å². The monoisotopic (exact) mass is 514 g/mol. The van der Waals surface area contributed by atoms with Crippen LogP contribution in [0.15, 0.2) is 91.5 Å². The number of hydrogen-bond donors (Lipinski definition) is 3. The number of nitrogens with one attached hydrogen (secondary N) is 3. The number of benzene rings is 2. The van der Waals surface area contributed by atoms with Gasteiger partial charge in [0.1, 0.15) is 17.2 Å². The Morgan fingerprint density at radius 1 is 0.923 bits per heavy atom. The number of pyridine rings is 2. The topological polar surface area (TPSA) is 82.3 Å². The summed E-state index contributed by atoms with van der Waals surface area (Å²) in [5.41, 5.74) is 8.59. The largest absolute Gasteiger partial charge is 0.358 e. The summed E-state index contributed by atoms with van der Waals surface area (Å²) in [5.74, 6) is 0.267. The van der Waals surface area contributed by atoms with E-state index in [2.05, 4.69) is 55.2 Å². The Kier molecular flexibility index (Phi) is 5.69. The zero-order chi connectivity index (χ0) is 26.3. The van der Waals surface area contributed by atoms with Crippen LogP contribution < -0.4 is 5.32 Å². The summed E-state index contributed by atoms with van der Waals surface area (Å²) >= 11 is 0. The lowest BCUT2D eigenvalue weighted by Crippen LogP contribution is -2.07. The molecule has 6 nitrogen and oxygen atoms in total. The Morgan fingerprint density at radius 3 is 2.67 bits per heavy atom. The maximum Gasteiger partial charge on any atom is 0.138 e. The third-order valence-corrected chi connectivity index (χ3v) is 7.74. The summed E-state index contributed by atoms with van der Waals surface area (Å²) < 4.78 is 14.6. The zero-order valence-corrected chi connectivity index (χ0v) is 21.3. The van der Waals surface area contributed by atoms with Crippen LogP contribution in [0.25, 0.3) is 55.6 Å². The smallest absolute Gasteiger partial charge is 0.138 e. The Morgan fingerprint density at radius 2 is 1.79 bits per heavy atom. The van der Waals surface area contributed by atoms with Gasteiger partial charge in [-0.1, -0.05) is 43.7 Å². The lowest BCUT2D eigenvalue weighted by Gasteiger charge is -2.16.